The number of halogens is 4. The van der Waals surface area contributed by atoms with Crippen LogP contribution in [0.15, 0.2) is 106 Å². The van der Waals surface area contributed by atoms with Gasteiger partial charge >= 0.3 is 128 Å². The van der Waals surface area contributed by atoms with Crippen LogP contribution in [0.4, 0.5) is 0 Å². The standard InChI is InChI=1S/C21H25.C13H8Br2.C5H5.2ClH.Zr/c1-20(2,3)16-9-7-14-11-15-8-10-17(21(4,5)6)13-19(15)18(14)12-16;14-12-5-1-10(2-6-12)9-11-3-7-13(15)8-4-11;1-2-4-5-3-1;;;/h7,9-10,12-13H,11H2,1-6H3;1-8H;1-3H,4H2;2*1H;/q-1;;-1;;;+2. The van der Waals surface area contributed by atoms with E-state index in [1.807, 2.05) is 12.2 Å². The van der Waals surface area contributed by atoms with Gasteiger partial charge in [-0.25, -0.2) is 12.2 Å². The second-order valence-corrected chi connectivity index (χ2v) is 15.8. The summed E-state index contributed by atoms with van der Waals surface area (Å²) in [5.41, 5.74) is 11.4. The zero-order valence-corrected chi connectivity index (χ0v) is 33.5. The molecule has 0 unspecified atom stereocenters. The summed E-state index contributed by atoms with van der Waals surface area (Å²) in [4.78, 5) is 0. The third-order valence-corrected chi connectivity index (χ3v) is 9.85. The monoisotopic (exact) mass is 826 g/mol. The van der Waals surface area contributed by atoms with Gasteiger partial charge in [-0.15, -0.1) is 36.8 Å². The summed E-state index contributed by atoms with van der Waals surface area (Å²) < 4.78 is 3.62. The molecule has 4 aromatic carbocycles. The quantitative estimate of drug-likeness (QED) is 0.156. The molecule has 2 aliphatic carbocycles. The van der Waals surface area contributed by atoms with Gasteiger partial charge in [0.05, 0.1) is 0 Å². The van der Waals surface area contributed by atoms with Crippen LogP contribution in [0.3, 0.4) is 0 Å². The Morgan fingerprint density at radius 3 is 1.66 bits per heavy atom. The summed E-state index contributed by atoms with van der Waals surface area (Å²) in [6.45, 7) is 13.6. The van der Waals surface area contributed by atoms with Crippen LogP contribution >= 0.6 is 56.7 Å². The summed E-state index contributed by atoms with van der Waals surface area (Å²) in [6, 6.07) is 32.0. The first-order valence-electron chi connectivity index (χ1n) is 14.3. The number of fused-ring (bicyclic) bond motifs is 3. The molecule has 0 fully saturated rings. The second-order valence-electron chi connectivity index (χ2n) is 12.7. The Labute approximate surface area is 309 Å². The van der Waals surface area contributed by atoms with E-state index in [4.69, 9.17) is 0 Å². The molecule has 228 valence electrons. The molecule has 0 heterocycles. The predicted molar refractivity (Wildman–Crippen MR) is 198 cm³/mol. The van der Waals surface area contributed by atoms with Crippen LogP contribution in [-0.2, 0) is 41.5 Å². The molecule has 0 saturated heterocycles. The fraction of sp³-hybridized carbons (Fsp3) is 0.256. The zero-order valence-electron chi connectivity index (χ0n) is 26.2. The van der Waals surface area contributed by atoms with Gasteiger partial charge in [-0.3, -0.25) is 6.08 Å². The maximum Gasteiger partial charge on any atom is -0.0132 e. The van der Waals surface area contributed by atoms with Gasteiger partial charge in [-0.1, -0.05) is 76.3 Å². The zero-order chi connectivity index (χ0) is 30.5. The Morgan fingerprint density at radius 2 is 1.23 bits per heavy atom. The number of hydrogen-bond acceptors (Lipinski definition) is 0. The third-order valence-electron chi connectivity index (χ3n) is 7.38. The SMILES string of the molecule is Brc1ccc([C](=[Zr+2])c2ccc(Br)cc2)cc1.CC(C)(C)c1c[c-]c2c(c1)-c1cc(C(C)(C)C)ccc1C2.Cl.Cl.[C-]1=CC=CC1. The van der Waals surface area contributed by atoms with E-state index in [1.54, 1.807) is 0 Å². The van der Waals surface area contributed by atoms with Crippen LogP contribution < -0.4 is 0 Å². The van der Waals surface area contributed by atoms with Gasteiger partial charge in [0.15, 0.2) is 0 Å². The van der Waals surface area contributed by atoms with Crippen molar-refractivity contribution in [2.45, 2.75) is 65.2 Å². The van der Waals surface area contributed by atoms with E-state index in [0.29, 0.717) is 0 Å². The van der Waals surface area contributed by atoms with Gasteiger partial charge < -0.3 is 0 Å². The van der Waals surface area contributed by atoms with Crippen LogP contribution in [0.25, 0.3) is 11.1 Å². The molecule has 0 N–H and O–H groups in total. The first-order valence-corrected chi connectivity index (χ1v) is 17.2. The molecule has 0 aliphatic heterocycles. The molecule has 0 atom stereocenters. The Kier molecular flexibility index (Phi) is 15.0. The first kappa shape index (κ1) is 38.8. The fourth-order valence-electron chi connectivity index (χ4n) is 4.72. The second kappa shape index (κ2) is 17.0. The summed E-state index contributed by atoms with van der Waals surface area (Å²) in [6.07, 6.45) is 11.0. The van der Waals surface area contributed by atoms with Crippen LogP contribution in [0.1, 0.15) is 81.3 Å². The van der Waals surface area contributed by atoms with E-state index in [-0.39, 0.29) is 35.6 Å². The first-order chi connectivity index (χ1) is 19.8. The van der Waals surface area contributed by atoms with Gasteiger partial charge in [0.1, 0.15) is 0 Å². The van der Waals surface area contributed by atoms with Crippen LogP contribution in [0.5, 0.6) is 0 Å². The normalized spacial score (nSPS) is 12.4. The maximum absolute atomic E-state index is 3.53. The molecule has 0 amide bonds. The molecule has 0 bridgehead atoms. The molecule has 4 aromatic rings. The molecule has 0 radical (unpaired) electrons. The molecule has 6 rings (SSSR count). The number of hydrogen-bond donors (Lipinski definition) is 0. The largest absolute Gasteiger partial charge is 0.273 e. The number of rotatable bonds is 2. The third kappa shape index (κ3) is 10.6. The van der Waals surface area contributed by atoms with Crippen molar-refractivity contribution in [3.63, 3.8) is 0 Å². The fourth-order valence-corrected chi connectivity index (χ4v) is 6.07. The van der Waals surface area contributed by atoms with Crippen molar-refractivity contribution in [1.29, 1.82) is 0 Å². The molecule has 5 heteroatoms. The Morgan fingerprint density at radius 1 is 0.705 bits per heavy atom. The van der Waals surface area contributed by atoms with E-state index in [1.165, 1.54) is 71.9 Å². The Hall–Kier alpha value is -1.35. The van der Waals surface area contributed by atoms with Crippen LogP contribution in [0.2, 0.25) is 0 Å². The van der Waals surface area contributed by atoms with Crippen molar-refractivity contribution >= 4 is 59.9 Å². The van der Waals surface area contributed by atoms with Gasteiger partial charge in [0, 0.05) is 0 Å². The van der Waals surface area contributed by atoms with E-state index in [2.05, 4.69) is 170 Å². The summed E-state index contributed by atoms with van der Waals surface area (Å²) in [5.74, 6) is 0. The molecule has 0 aromatic heterocycles. The number of allylic oxidation sites excluding steroid dienone is 4. The van der Waals surface area contributed by atoms with Crippen molar-refractivity contribution in [3.05, 3.63) is 152 Å². The minimum Gasteiger partial charge on any atom is -0.273 e. The smallest absolute Gasteiger partial charge is 0.0132 e. The summed E-state index contributed by atoms with van der Waals surface area (Å²) in [5, 5.41) is 0. The summed E-state index contributed by atoms with van der Waals surface area (Å²) in [7, 11) is 0. The maximum atomic E-state index is 3.53. The average molecular weight is 831 g/mol. The van der Waals surface area contributed by atoms with Gasteiger partial charge in [-0.05, 0) is 17.4 Å². The summed E-state index contributed by atoms with van der Waals surface area (Å²) >= 11 is 8.34. The molecule has 0 saturated carbocycles. The molecular weight excluding hydrogens is 790 g/mol. The van der Waals surface area contributed by atoms with E-state index in [9.17, 15) is 0 Å². The topological polar surface area (TPSA) is 0 Å². The van der Waals surface area contributed by atoms with Gasteiger partial charge in [0.25, 0.3) is 0 Å². The van der Waals surface area contributed by atoms with Crippen LogP contribution in [0, 0.1) is 12.1 Å². The van der Waals surface area contributed by atoms with Crippen molar-refractivity contribution in [2.75, 3.05) is 0 Å². The average Bonchev–Trinajstić information content (AvgIpc) is 3.64. The van der Waals surface area contributed by atoms with Crippen LogP contribution in [-0.4, -0.2) is 3.21 Å². The minimum absolute atomic E-state index is 0. The molecule has 0 nitrogen and oxygen atoms in total. The van der Waals surface area contributed by atoms with Crippen molar-refractivity contribution in [3.8, 4) is 11.1 Å². The van der Waals surface area contributed by atoms with Crippen molar-refractivity contribution in [1.82, 2.24) is 0 Å². The molecule has 44 heavy (non-hydrogen) atoms. The Bertz CT molecular complexity index is 1490. The van der Waals surface area contributed by atoms with Crippen molar-refractivity contribution < 1.29 is 24.2 Å². The predicted octanol–water partition coefficient (Wildman–Crippen LogP) is 12.1. The Balaban J connectivity index is 0.000000260. The van der Waals surface area contributed by atoms with Gasteiger partial charge in [-0.2, -0.15) is 35.4 Å². The number of benzene rings is 4. The molecule has 2 aliphatic rings. The van der Waals surface area contributed by atoms with Crippen molar-refractivity contribution in [2.24, 2.45) is 0 Å². The van der Waals surface area contributed by atoms with E-state index < -0.39 is 0 Å². The van der Waals surface area contributed by atoms with E-state index in [0.717, 1.165) is 21.8 Å². The molecular formula is C39H40Br2Cl2Zr. The van der Waals surface area contributed by atoms with Gasteiger partial charge in [0.2, 0.25) is 0 Å². The van der Waals surface area contributed by atoms with E-state index >= 15 is 0 Å². The molecule has 0 spiro atoms. The minimum atomic E-state index is 0.